The highest BCUT2D eigenvalue weighted by Gasteiger charge is 2.47. The highest BCUT2D eigenvalue weighted by Crippen LogP contribution is 2.54. The molecule has 12 aromatic rings. The first kappa shape index (κ1) is 46.9. The number of nitrogens with zero attached hydrogens (tertiary/aromatic N) is 3. The van der Waals surface area contributed by atoms with Gasteiger partial charge in [-0.25, -0.2) is 0 Å². The quantitative estimate of drug-likeness (QED) is 0.148. The number of para-hydroxylation sites is 2. The van der Waals surface area contributed by atoms with Crippen LogP contribution in [-0.4, -0.2) is 6.71 Å². The molecule has 0 saturated heterocycles. The van der Waals surface area contributed by atoms with Gasteiger partial charge >= 0.3 is 0 Å². The minimum absolute atomic E-state index is 0.00619. The van der Waals surface area contributed by atoms with Gasteiger partial charge in [0.05, 0.1) is 29.3 Å². The molecule has 10 aromatic carbocycles. The van der Waals surface area contributed by atoms with Crippen LogP contribution in [0.1, 0.15) is 111 Å². The summed E-state index contributed by atoms with van der Waals surface area (Å²) in [5, 5.41) is 3.04. The van der Waals surface area contributed by atoms with Crippen LogP contribution < -0.4 is 30.4 Å². The van der Waals surface area contributed by atoms with Crippen LogP contribution in [0.3, 0.4) is 0 Å². The first-order chi connectivity index (χ1) is 42.5. The predicted octanol–water partition coefficient (Wildman–Crippen LogP) is 20.6. The molecule has 0 bridgehead atoms. The molecule has 0 fully saturated rings. The number of hydrogen-bond donors (Lipinski definition) is 0. The minimum atomic E-state index is -0.432. The molecule has 0 saturated carbocycles. The SMILES string of the molecule is [2H]c1c([2H])c([2H])c(-c2cc3c4c(c2)N(c2cccc5oc6ccccc6c25)c2cc(N(c5ccc6c(c5)C(C)(C)CCC6(C)C)c5ccccc5-c5ccccc5)ccc2B4c2sc4ccc(C(C)(C)C)cc4c2N3c2ccc(C(C)(C)C)cc2)c([2H])c1[2H]. The molecule has 15 rings (SSSR count). The maximum Gasteiger partial charge on any atom is 0.264 e. The zero-order valence-electron chi connectivity index (χ0n) is 54.5. The van der Waals surface area contributed by atoms with Gasteiger partial charge < -0.3 is 19.1 Å². The van der Waals surface area contributed by atoms with Crippen molar-refractivity contribution in [1.82, 2.24) is 0 Å². The van der Waals surface area contributed by atoms with Gasteiger partial charge in [0.2, 0.25) is 0 Å². The summed E-state index contributed by atoms with van der Waals surface area (Å²) in [6.07, 6.45) is 2.18. The molecule has 0 radical (unpaired) electrons. The zero-order chi connectivity index (χ0) is 62.0. The van der Waals surface area contributed by atoms with E-state index in [-0.39, 0.29) is 58.1 Å². The molecule has 0 spiro atoms. The highest BCUT2D eigenvalue weighted by atomic mass is 32.1. The molecular weight excluding hydrogens is 1040 g/mol. The van der Waals surface area contributed by atoms with Gasteiger partial charge in [0, 0.05) is 59.9 Å². The van der Waals surface area contributed by atoms with E-state index in [0.29, 0.717) is 5.56 Å². The summed E-state index contributed by atoms with van der Waals surface area (Å²) in [6, 6.07) is 66.6. The molecule has 4 heterocycles. The summed E-state index contributed by atoms with van der Waals surface area (Å²) in [5.74, 6) is 0. The van der Waals surface area contributed by atoms with Crippen LogP contribution in [0.5, 0.6) is 0 Å². The molecule has 2 aliphatic heterocycles. The molecule has 2 aromatic heterocycles. The molecule has 0 amide bonds. The lowest BCUT2D eigenvalue weighted by molar-refractivity contribution is 0.332. The third-order valence-electron chi connectivity index (χ3n) is 18.5. The Kier molecular flexibility index (Phi) is 10.6. The van der Waals surface area contributed by atoms with Crippen molar-refractivity contribution in [1.29, 1.82) is 0 Å². The Balaban J connectivity index is 1.10. The highest BCUT2D eigenvalue weighted by molar-refractivity contribution is 7.33. The number of thiophene rings is 1. The monoisotopic (exact) mass is 1110 g/mol. The van der Waals surface area contributed by atoms with Crippen LogP contribution in [0, 0.1) is 0 Å². The molecule has 6 heteroatoms. The van der Waals surface area contributed by atoms with Gasteiger partial charge in [-0.2, -0.15) is 0 Å². The van der Waals surface area contributed by atoms with Crippen molar-refractivity contribution in [3.05, 3.63) is 241 Å². The molecule has 1 aliphatic carbocycles. The van der Waals surface area contributed by atoms with E-state index in [1.165, 1.54) is 27.0 Å². The minimum Gasteiger partial charge on any atom is -0.456 e. The molecular formula is C78H70BN3OS. The van der Waals surface area contributed by atoms with Gasteiger partial charge in [0.15, 0.2) is 0 Å². The maximum atomic E-state index is 9.69. The van der Waals surface area contributed by atoms with Crippen LogP contribution in [0.4, 0.5) is 51.2 Å². The van der Waals surface area contributed by atoms with E-state index in [2.05, 4.69) is 254 Å². The van der Waals surface area contributed by atoms with Crippen molar-refractivity contribution in [3.8, 4) is 22.3 Å². The molecule has 84 heavy (non-hydrogen) atoms. The first-order valence-corrected chi connectivity index (χ1v) is 30.5. The number of benzene rings is 10. The van der Waals surface area contributed by atoms with Gasteiger partial charge in [-0.1, -0.05) is 203 Å². The van der Waals surface area contributed by atoms with Gasteiger partial charge in [0.25, 0.3) is 6.71 Å². The third-order valence-corrected chi connectivity index (χ3v) is 19.7. The summed E-state index contributed by atoms with van der Waals surface area (Å²) in [6.45, 7) is 22.8. The lowest BCUT2D eigenvalue weighted by Gasteiger charge is -2.44. The summed E-state index contributed by atoms with van der Waals surface area (Å²) in [7, 11) is 0. The molecule has 0 N–H and O–H groups in total. The molecule has 3 aliphatic rings. The van der Waals surface area contributed by atoms with E-state index in [1.54, 1.807) is 0 Å². The van der Waals surface area contributed by atoms with Crippen molar-refractivity contribution in [2.24, 2.45) is 0 Å². The van der Waals surface area contributed by atoms with Crippen LogP contribution >= 0.6 is 11.3 Å². The molecule has 4 nitrogen and oxygen atoms in total. The van der Waals surface area contributed by atoms with Crippen molar-refractivity contribution in [2.45, 2.75) is 104 Å². The second-order valence-electron chi connectivity index (χ2n) is 26.8. The number of fused-ring (bicyclic) bond motifs is 10. The standard InChI is InChI=1S/C78H70BN3OS/c1-75(2,3)52-32-35-54(36-33-52)81-66-44-51(49-22-13-11-14-23-49)45-67-72(66)79(74-73(81)59-46-53(76(4,5)6)34-41-70(59)84-74)62-40-38-56(48-65(62)82(67)64-29-21-31-69-71(64)58-27-18-20-30-68(58)83-69)80(63-28-19-17-26-57(63)50-24-15-12-16-25-50)55-37-39-60-61(47-55)78(9,10)43-42-77(60,7)8/h11-41,44-48H,42-43H2,1-10H3/i11D,13D,14D,22D,23D. The fourth-order valence-electron chi connectivity index (χ4n) is 13.9. The van der Waals surface area contributed by atoms with Gasteiger partial charge in [0.1, 0.15) is 11.2 Å². The van der Waals surface area contributed by atoms with E-state index < -0.39 is 6.04 Å². The number of hydrogen-bond acceptors (Lipinski definition) is 5. The van der Waals surface area contributed by atoms with Crippen molar-refractivity contribution in [2.75, 3.05) is 14.7 Å². The number of anilines is 9. The van der Waals surface area contributed by atoms with E-state index in [0.717, 1.165) is 118 Å². The Morgan fingerprint density at radius 3 is 1.94 bits per heavy atom. The Labute approximate surface area is 506 Å². The normalized spacial score (nSPS) is 15.9. The number of furan rings is 1. The average molecular weight is 1110 g/mol. The summed E-state index contributed by atoms with van der Waals surface area (Å²) in [4.78, 5) is 7.26. The summed E-state index contributed by atoms with van der Waals surface area (Å²) >= 11 is 1.84. The Morgan fingerprint density at radius 1 is 0.524 bits per heavy atom. The topological polar surface area (TPSA) is 22.9 Å². The fourth-order valence-corrected chi connectivity index (χ4v) is 15.2. The Bertz CT molecular complexity index is 4890. The smallest absolute Gasteiger partial charge is 0.264 e. The van der Waals surface area contributed by atoms with E-state index >= 15 is 0 Å². The average Bonchev–Trinajstić information content (AvgIpc) is 1.68. The predicted molar refractivity (Wildman–Crippen MR) is 361 cm³/mol. The zero-order valence-corrected chi connectivity index (χ0v) is 50.4. The molecule has 0 unspecified atom stereocenters. The van der Waals surface area contributed by atoms with E-state index in [1.807, 2.05) is 29.5 Å². The lowest BCUT2D eigenvalue weighted by atomic mass is 9.36. The van der Waals surface area contributed by atoms with Crippen LogP contribution in [0.2, 0.25) is 0 Å². The fraction of sp³-hybridized carbons (Fsp3) is 0.205. The van der Waals surface area contributed by atoms with Gasteiger partial charge in [-0.05, 0) is 169 Å². The summed E-state index contributed by atoms with van der Waals surface area (Å²) < 4.78 is 55.6. The summed E-state index contributed by atoms with van der Waals surface area (Å²) in [5.41, 5.74) is 20.0. The van der Waals surface area contributed by atoms with Crippen LogP contribution in [0.25, 0.3) is 54.3 Å². The number of rotatable bonds is 7. The van der Waals surface area contributed by atoms with Crippen LogP contribution in [0.15, 0.2) is 223 Å². The molecule has 0 atom stereocenters. The van der Waals surface area contributed by atoms with Gasteiger partial charge in [-0.3, -0.25) is 0 Å². The first-order valence-electron chi connectivity index (χ1n) is 32.2. The Morgan fingerprint density at radius 2 is 1.18 bits per heavy atom. The Hall–Kier alpha value is -8.58. The van der Waals surface area contributed by atoms with Crippen molar-refractivity contribution < 1.29 is 11.3 Å². The van der Waals surface area contributed by atoms with Crippen molar-refractivity contribution in [3.63, 3.8) is 0 Å². The second kappa shape index (κ2) is 19.0. The third kappa shape index (κ3) is 8.30. The largest absolute Gasteiger partial charge is 0.456 e. The van der Waals surface area contributed by atoms with Crippen LogP contribution in [-0.2, 0) is 21.7 Å². The van der Waals surface area contributed by atoms with Crippen molar-refractivity contribution >= 4 is 117 Å². The molecule has 412 valence electrons. The second-order valence-corrected chi connectivity index (χ2v) is 27.9. The maximum absolute atomic E-state index is 9.69. The van der Waals surface area contributed by atoms with Gasteiger partial charge in [-0.15, -0.1) is 11.3 Å². The van der Waals surface area contributed by atoms with E-state index in [4.69, 9.17) is 8.53 Å². The lowest BCUT2D eigenvalue weighted by Crippen LogP contribution is -2.60. The van der Waals surface area contributed by atoms with E-state index in [9.17, 15) is 2.74 Å².